The van der Waals surface area contributed by atoms with Crippen molar-refractivity contribution in [1.82, 2.24) is 0 Å². The van der Waals surface area contributed by atoms with Crippen molar-refractivity contribution in [3.63, 3.8) is 0 Å². The van der Waals surface area contributed by atoms with Crippen LogP contribution in [0.3, 0.4) is 0 Å². The molecule has 2 aromatic carbocycles. The van der Waals surface area contributed by atoms with Gasteiger partial charge in [-0.25, -0.2) is 18.4 Å². The molecule has 24 heavy (non-hydrogen) atoms. The molecular formula is C18H12F2O4. The quantitative estimate of drug-likeness (QED) is 0.649. The highest BCUT2D eigenvalue weighted by molar-refractivity contribution is 6.11. The van der Waals surface area contributed by atoms with Crippen molar-refractivity contribution in [3.05, 3.63) is 82.4 Å². The highest BCUT2D eigenvalue weighted by Gasteiger charge is 2.20. The van der Waals surface area contributed by atoms with Crippen LogP contribution in [0.2, 0.25) is 0 Å². The lowest BCUT2D eigenvalue weighted by Gasteiger charge is -2.05. The summed E-state index contributed by atoms with van der Waals surface area (Å²) in [4.78, 5) is 22.9. The third-order valence-corrected chi connectivity index (χ3v) is 3.11. The van der Waals surface area contributed by atoms with Gasteiger partial charge in [0.15, 0.2) is 0 Å². The van der Waals surface area contributed by atoms with Gasteiger partial charge < -0.3 is 10.2 Å². The van der Waals surface area contributed by atoms with Gasteiger partial charge in [0.25, 0.3) is 0 Å². The summed E-state index contributed by atoms with van der Waals surface area (Å²) in [6.45, 7) is 0. The van der Waals surface area contributed by atoms with Gasteiger partial charge in [-0.3, -0.25) is 0 Å². The zero-order valence-corrected chi connectivity index (χ0v) is 12.2. The molecule has 0 atom stereocenters. The Balaban J connectivity index is 2.52. The predicted molar refractivity (Wildman–Crippen MR) is 84.0 cm³/mol. The molecule has 0 unspecified atom stereocenters. The van der Waals surface area contributed by atoms with Crippen LogP contribution in [0, 0.1) is 11.6 Å². The van der Waals surface area contributed by atoms with Crippen LogP contribution in [0.4, 0.5) is 8.78 Å². The van der Waals surface area contributed by atoms with Gasteiger partial charge in [0, 0.05) is 0 Å². The molecule has 0 aliphatic rings. The number of aliphatic carboxylic acids is 2. The fraction of sp³-hybridized carbons (Fsp3) is 0. The van der Waals surface area contributed by atoms with E-state index >= 15 is 0 Å². The molecule has 0 spiro atoms. The van der Waals surface area contributed by atoms with Crippen molar-refractivity contribution >= 4 is 24.1 Å². The molecule has 0 aliphatic carbocycles. The zero-order chi connectivity index (χ0) is 17.7. The second-order valence-electron chi connectivity index (χ2n) is 4.83. The number of benzene rings is 2. The van der Waals surface area contributed by atoms with E-state index in [9.17, 15) is 28.6 Å². The second kappa shape index (κ2) is 7.32. The molecule has 0 aliphatic heterocycles. The monoisotopic (exact) mass is 330 g/mol. The number of hydrogen-bond donors (Lipinski definition) is 2. The van der Waals surface area contributed by atoms with E-state index in [0.717, 1.165) is 36.4 Å². The van der Waals surface area contributed by atoms with E-state index in [1.165, 1.54) is 24.3 Å². The van der Waals surface area contributed by atoms with E-state index in [2.05, 4.69) is 0 Å². The summed E-state index contributed by atoms with van der Waals surface area (Å²) in [6, 6.07) is 9.85. The van der Waals surface area contributed by atoms with Gasteiger partial charge in [0.2, 0.25) is 0 Å². The molecular weight excluding hydrogens is 318 g/mol. The molecule has 0 fully saturated rings. The summed E-state index contributed by atoms with van der Waals surface area (Å²) in [5, 5.41) is 18.6. The van der Waals surface area contributed by atoms with Gasteiger partial charge in [-0.05, 0) is 47.5 Å². The van der Waals surface area contributed by atoms with E-state index in [4.69, 9.17) is 0 Å². The second-order valence-corrected chi connectivity index (χ2v) is 4.83. The first-order chi connectivity index (χ1) is 11.4. The Hall–Kier alpha value is -3.28. The number of rotatable bonds is 5. The molecule has 122 valence electrons. The summed E-state index contributed by atoms with van der Waals surface area (Å²) in [6.07, 6.45) is 2.26. The van der Waals surface area contributed by atoms with E-state index in [1.807, 2.05) is 0 Å². The lowest BCUT2D eigenvalue weighted by Crippen LogP contribution is -2.11. The molecule has 0 heterocycles. The van der Waals surface area contributed by atoms with E-state index in [1.54, 1.807) is 0 Å². The van der Waals surface area contributed by atoms with Crippen LogP contribution in [0.1, 0.15) is 11.1 Å². The Morgan fingerprint density at radius 1 is 0.667 bits per heavy atom. The van der Waals surface area contributed by atoms with E-state index < -0.39 is 34.7 Å². The average molecular weight is 330 g/mol. The average Bonchev–Trinajstić information content (AvgIpc) is 2.54. The van der Waals surface area contributed by atoms with Crippen molar-refractivity contribution < 1.29 is 28.6 Å². The SMILES string of the molecule is O=C(O)C(=C/c1ccc(F)cc1)/C(=C\c1ccc(F)cc1)C(=O)O. The molecule has 0 saturated heterocycles. The molecule has 4 nitrogen and oxygen atoms in total. The third-order valence-electron chi connectivity index (χ3n) is 3.11. The van der Waals surface area contributed by atoms with E-state index in [0.29, 0.717) is 11.1 Å². The summed E-state index contributed by atoms with van der Waals surface area (Å²) >= 11 is 0. The fourth-order valence-corrected chi connectivity index (χ4v) is 1.96. The maximum Gasteiger partial charge on any atom is 0.336 e. The van der Waals surface area contributed by atoms with Gasteiger partial charge >= 0.3 is 11.9 Å². The largest absolute Gasteiger partial charge is 0.478 e. The van der Waals surface area contributed by atoms with Gasteiger partial charge in [0.1, 0.15) is 11.6 Å². The predicted octanol–water partition coefficient (Wildman–Crippen LogP) is 3.60. The fourth-order valence-electron chi connectivity index (χ4n) is 1.96. The standard InChI is InChI=1S/C18H12F2O4/c19-13-5-1-11(2-6-13)9-15(17(21)22)16(18(23)24)10-12-3-7-14(20)8-4-12/h1-10H,(H,21,22)(H,23,24)/b15-9+,16-10+. The normalized spacial score (nSPS) is 12.1. The van der Waals surface area contributed by atoms with Crippen LogP contribution >= 0.6 is 0 Å². The molecule has 2 aromatic rings. The first-order valence-corrected chi connectivity index (χ1v) is 6.78. The molecule has 2 N–H and O–H groups in total. The number of halogens is 2. The highest BCUT2D eigenvalue weighted by atomic mass is 19.1. The minimum Gasteiger partial charge on any atom is -0.478 e. The summed E-state index contributed by atoms with van der Waals surface area (Å²) in [5.41, 5.74) is -0.281. The minimum absolute atomic E-state index is 0.333. The molecule has 0 radical (unpaired) electrons. The van der Waals surface area contributed by atoms with Gasteiger partial charge in [0.05, 0.1) is 11.1 Å². The summed E-state index contributed by atoms with van der Waals surface area (Å²) in [7, 11) is 0. The summed E-state index contributed by atoms with van der Waals surface area (Å²) in [5.74, 6) is -3.89. The van der Waals surface area contributed by atoms with Crippen LogP contribution in [-0.4, -0.2) is 22.2 Å². The van der Waals surface area contributed by atoms with Crippen molar-refractivity contribution in [3.8, 4) is 0 Å². The van der Waals surface area contributed by atoms with Gasteiger partial charge in [-0.15, -0.1) is 0 Å². The zero-order valence-electron chi connectivity index (χ0n) is 12.2. The Morgan fingerprint density at radius 3 is 1.21 bits per heavy atom. The maximum atomic E-state index is 12.9. The molecule has 0 saturated carbocycles. The number of carbonyl (C=O) groups is 2. The number of carboxylic acid groups (broad SMARTS) is 2. The van der Waals surface area contributed by atoms with Gasteiger partial charge in [-0.2, -0.15) is 0 Å². The van der Waals surface area contributed by atoms with E-state index in [-0.39, 0.29) is 0 Å². The first-order valence-electron chi connectivity index (χ1n) is 6.78. The Labute approximate surface area is 136 Å². The third kappa shape index (κ3) is 4.36. The maximum absolute atomic E-state index is 12.9. The lowest BCUT2D eigenvalue weighted by atomic mass is 10.00. The van der Waals surface area contributed by atoms with Crippen molar-refractivity contribution in [2.45, 2.75) is 0 Å². The number of carboxylic acids is 2. The molecule has 2 rings (SSSR count). The van der Waals surface area contributed by atoms with Crippen molar-refractivity contribution in [2.24, 2.45) is 0 Å². The molecule has 0 aromatic heterocycles. The number of hydrogen-bond acceptors (Lipinski definition) is 2. The van der Waals surface area contributed by atoms with Crippen LogP contribution in [0.15, 0.2) is 59.7 Å². The van der Waals surface area contributed by atoms with Crippen molar-refractivity contribution in [1.29, 1.82) is 0 Å². The Bertz CT molecular complexity index is 748. The van der Waals surface area contributed by atoms with Crippen LogP contribution in [0.25, 0.3) is 12.2 Å². The van der Waals surface area contributed by atoms with Crippen LogP contribution < -0.4 is 0 Å². The minimum atomic E-state index is -1.45. The topological polar surface area (TPSA) is 74.6 Å². The lowest BCUT2D eigenvalue weighted by molar-refractivity contribution is -0.136. The summed E-state index contributed by atoms with van der Waals surface area (Å²) < 4.78 is 25.8. The highest BCUT2D eigenvalue weighted by Crippen LogP contribution is 2.19. The molecule has 0 bridgehead atoms. The van der Waals surface area contributed by atoms with Crippen molar-refractivity contribution in [2.75, 3.05) is 0 Å². The Morgan fingerprint density at radius 2 is 0.958 bits per heavy atom. The smallest absolute Gasteiger partial charge is 0.336 e. The van der Waals surface area contributed by atoms with Gasteiger partial charge in [-0.1, -0.05) is 24.3 Å². The van der Waals surface area contributed by atoms with Crippen LogP contribution in [-0.2, 0) is 9.59 Å². The van der Waals surface area contributed by atoms with Crippen LogP contribution in [0.5, 0.6) is 0 Å². The molecule has 6 heteroatoms. The first kappa shape index (κ1) is 17.1. The molecule has 0 amide bonds. The Kier molecular flexibility index (Phi) is 5.21.